The molecule has 94 valence electrons. The van der Waals surface area contributed by atoms with Crippen molar-refractivity contribution in [2.45, 2.75) is 6.42 Å². The van der Waals surface area contributed by atoms with E-state index in [1.807, 2.05) is 6.07 Å². The van der Waals surface area contributed by atoms with Crippen LogP contribution in [0.15, 0.2) is 17.1 Å². The number of phenolic OH excluding ortho intramolecular Hbond substituents is 1. The molecule has 18 heavy (non-hydrogen) atoms. The molecule has 0 aromatic heterocycles. The van der Waals surface area contributed by atoms with Crippen LogP contribution in [-0.4, -0.2) is 29.9 Å². The number of nitriles is 1. The lowest BCUT2D eigenvalue weighted by atomic mass is 10.1. The van der Waals surface area contributed by atoms with Crippen LogP contribution in [0.1, 0.15) is 12.0 Å². The van der Waals surface area contributed by atoms with Crippen LogP contribution in [0.5, 0.6) is 11.5 Å². The molecule has 0 saturated heterocycles. The highest BCUT2D eigenvalue weighted by Crippen LogP contribution is 2.33. The number of aliphatic imine (C=N–C) groups is 1. The van der Waals surface area contributed by atoms with Crippen LogP contribution in [0.2, 0.25) is 0 Å². The van der Waals surface area contributed by atoms with Crippen molar-refractivity contribution in [2.24, 2.45) is 4.99 Å². The Morgan fingerprint density at radius 2 is 2.39 bits per heavy atom. The standard InChI is InChI=1S/C11H11N3O4/c1-18-10-6-9(14(16)17)5-8(11(10)15)7-13-4-2-3-12/h5-7,15H,2,4H2,1H3. The third kappa shape index (κ3) is 3.18. The highest BCUT2D eigenvalue weighted by atomic mass is 16.6. The molecular weight excluding hydrogens is 238 g/mol. The van der Waals surface area contributed by atoms with E-state index in [0.717, 1.165) is 6.07 Å². The summed E-state index contributed by atoms with van der Waals surface area (Å²) in [6.45, 7) is 0.265. The Kier molecular flexibility index (Phi) is 4.63. The molecule has 0 amide bonds. The number of benzene rings is 1. The van der Waals surface area contributed by atoms with Crippen LogP contribution in [0.25, 0.3) is 0 Å². The summed E-state index contributed by atoms with van der Waals surface area (Å²) >= 11 is 0. The highest BCUT2D eigenvalue weighted by molar-refractivity contribution is 5.86. The van der Waals surface area contributed by atoms with Gasteiger partial charge in [0.1, 0.15) is 0 Å². The van der Waals surface area contributed by atoms with E-state index in [0.29, 0.717) is 0 Å². The third-order valence-corrected chi connectivity index (χ3v) is 2.10. The number of nitro groups is 1. The Labute approximate surface area is 103 Å². The fourth-order valence-electron chi connectivity index (χ4n) is 1.25. The second-order valence-corrected chi connectivity index (χ2v) is 3.29. The first-order chi connectivity index (χ1) is 8.60. The summed E-state index contributed by atoms with van der Waals surface area (Å²) in [6, 6.07) is 4.23. The predicted octanol–water partition coefficient (Wildman–Crippen LogP) is 1.64. The summed E-state index contributed by atoms with van der Waals surface area (Å²) in [7, 11) is 1.30. The maximum Gasteiger partial charge on any atom is 0.274 e. The molecule has 0 unspecified atom stereocenters. The van der Waals surface area contributed by atoms with E-state index in [-0.39, 0.29) is 35.7 Å². The van der Waals surface area contributed by atoms with Gasteiger partial charge in [0.25, 0.3) is 5.69 Å². The van der Waals surface area contributed by atoms with Gasteiger partial charge in [0.15, 0.2) is 11.5 Å². The summed E-state index contributed by atoms with van der Waals surface area (Å²) in [5, 5.41) is 28.8. The molecule has 1 aromatic carbocycles. The quantitative estimate of drug-likeness (QED) is 0.369. The zero-order valence-corrected chi connectivity index (χ0v) is 9.66. The van der Waals surface area contributed by atoms with Crippen LogP contribution in [0, 0.1) is 21.4 Å². The number of nitro benzene ring substituents is 1. The Balaban J connectivity index is 3.09. The van der Waals surface area contributed by atoms with Gasteiger partial charge in [0.05, 0.1) is 37.1 Å². The minimum absolute atomic E-state index is 0.00549. The summed E-state index contributed by atoms with van der Waals surface area (Å²) in [5.41, 5.74) is -0.0228. The molecule has 7 heteroatoms. The highest BCUT2D eigenvalue weighted by Gasteiger charge is 2.15. The van der Waals surface area contributed by atoms with E-state index in [4.69, 9.17) is 10.00 Å². The lowest BCUT2D eigenvalue weighted by Crippen LogP contribution is -1.95. The maximum atomic E-state index is 10.7. The number of hydrogen-bond acceptors (Lipinski definition) is 6. The Bertz CT molecular complexity index is 520. The SMILES string of the molecule is COc1cc([N+](=O)[O-])cc(C=NCCC#N)c1O. The van der Waals surface area contributed by atoms with Crippen molar-refractivity contribution in [2.75, 3.05) is 13.7 Å². The molecule has 0 aliphatic carbocycles. The van der Waals surface area contributed by atoms with Crippen molar-refractivity contribution in [1.29, 1.82) is 5.26 Å². The molecule has 0 radical (unpaired) electrons. The summed E-state index contributed by atoms with van der Waals surface area (Å²) < 4.78 is 4.84. The van der Waals surface area contributed by atoms with Gasteiger partial charge in [-0.05, 0) is 0 Å². The Morgan fingerprint density at radius 1 is 1.67 bits per heavy atom. The number of non-ortho nitro benzene ring substituents is 1. The molecule has 0 aliphatic rings. The number of methoxy groups -OCH3 is 1. The Hall–Kier alpha value is -2.62. The first-order valence-corrected chi connectivity index (χ1v) is 5.02. The molecule has 0 heterocycles. The van der Waals surface area contributed by atoms with Gasteiger partial charge in [0, 0.05) is 17.8 Å². The zero-order chi connectivity index (χ0) is 13.5. The number of hydrogen-bond donors (Lipinski definition) is 1. The van der Waals surface area contributed by atoms with Gasteiger partial charge in [-0.25, -0.2) is 0 Å². The molecule has 7 nitrogen and oxygen atoms in total. The van der Waals surface area contributed by atoms with E-state index < -0.39 is 4.92 Å². The van der Waals surface area contributed by atoms with Gasteiger partial charge >= 0.3 is 0 Å². The van der Waals surface area contributed by atoms with E-state index >= 15 is 0 Å². The summed E-state index contributed by atoms with van der Waals surface area (Å²) in [5.74, 6) is -0.213. The first-order valence-electron chi connectivity index (χ1n) is 5.02. The minimum Gasteiger partial charge on any atom is -0.504 e. The fraction of sp³-hybridized carbons (Fsp3) is 0.273. The van der Waals surface area contributed by atoms with Gasteiger partial charge in [0.2, 0.25) is 0 Å². The number of phenols is 1. The van der Waals surface area contributed by atoms with E-state index in [1.54, 1.807) is 0 Å². The molecule has 1 rings (SSSR count). The van der Waals surface area contributed by atoms with Crippen molar-refractivity contribution in [3.63, 3.8) is 0 Å². The Morgan fingerprint density at radius 3 is 2.94 bits per heavy atom. The second-order valence-electron chi connectivity index (χ2n) is 3.29. The van der Waals surface area contributed by atoms with Gasteiger partial charge in [-0.2, -0.15) is 5.26 Å². The van der Waals surface area contributed by atoms with Crippen molar-refractivity contribution in [1.82, 2.24) is 0 Å². The number of ether oxygens (including phenoxy) is 1. The third-order valence-electron chi connectivity index (χ3n) is 2.10. The molecule has 0 atom stereocenters. The first kappa shape index (κ1) is 13.4. The topological polar surface area (TPSA) is 109 Å². The number of nitrogens with zero attached hydrogens (tertiary/aromatic N) is 3. The average Bonchev–Trinajstić information content (AvgIpc) is 2.36. The lowest BCUT2D eigenvalue weighted by Gasteiger charge is -2.05. The van der Waals surface area contributed by atoms with Crippen molar-refractivity contribution < 1.29 is 14.8 Å². The summed E-state index contributed by atoms with van der Waals surface area (Å²) in [4.78, 5) is 14.0. The average molecular weight is 249 g/mol. The number of rotatable bonds is 5. The van der Waals surface area contributed by atoms with Crippen LogP contribution >= 0.6 is 0 Å². The molecule has 0 aliphatic heterocycles. The largest absolute Gasteiger partial charge is 0.504 e. The van der Waals surface area contributed by atoms with E-state index in [9.17, 15) is 15.2 Å². The van der Waals surface area contributed by atoms with Crippen LogP contribution in [-0.2, 0) is 0 Å². The molecule has 0 fully saturated rings. The summed E-state index contributed by atoms with van der Waals surface area (Å²) in [6.07, 6.45) is 1.52. The van der Waals surface area contributed by atoms with Gasteiger partial charge < -0.3 is 9.84 Å². The van der Waals surface area contributed by atoms with Crippen LogP contribution < -0.4 is 4.74 Å². The smallest absolute Gasteiger partial charge is 0.274 e. The molecule has 0 saturated carbocycles. The van der Waals surface area contributed by atoms with Gasteiger partial charge in [-0.3, -0.25) is 15.1 Å². The molecule has 0 spiro atoms. The predicted molar refractivity (Wildman–Crippen MR) is 64.0 cm³/mol. The van der Waals surface area contributed by atoms with E-state index in [1.165, 1.54) is 19.4 Å². The maximum absolute atomic E-state index is 10.7. The van der Waals surface area contributed by atoms with Gasteiger partial charge in [-0.15, -0.1) is 0 Å². The van der Waals surface area contributed by atoms with E-state index in [2.05, 4.69) is 4.99 Å². The zero-order valence-electron chi connectivity index (χ0n) is 9.66. The normalized spacial score (nSPS) is 10.2. The molecule has 0 bridgehead atoms. The lowest BCUT2D eigenvalue weighted by molar-refractivity contribution is -0.385. The van der Waals surface area contributed by atoms with Crippen molar-refractivity contribution in [3.8, 4) is 17.6 Å². The van der Waals surface area contributed by atoms with Gasteiger partial charge in [-0.1, -0.05) is 0 Å². The monoisotopic (exact) mass is 249 g/mol. The molecule has 1 N–H and O–H groups in total. The molecule has 1 aromatic rings. The van der Waals surface area contributed by atoms with Crippen molar-refractivity contribution in [3.05, 3.63) is 27.8 Å². The van der Waals surface area contributed by atoms with Crippen LogP contribution in [0.3, 0.4) is 0 Å². The van der Waals surface area contributed by atoms with Crippen LogP contribution in [0.4, 0.5) is 5.69 Å². The fourth-order valence-corrected chi connectivity index (χ4v) is 1.25. The van der Waals surface area contributed by atoms with Crippen molar-refractivity contribution >= 4 is 11.9 Å². The second kappa shape index (κ2) is 6.20. The minimum atomic E-state index is -0.589. The molecular formula is C11H11N3O4. The number of aromatic hydroxyl groups is 1.